The van der Waals surface area contributed by atoms with E-state index in [1.807, 2.05) is 36.5 Å². The summed E-state index contributed by atoms with van der Waals surface area (Å²) in [7, 11) is 0. The Bertz CT molecular complexity index is 1120. The quantitative estimate of drug-likeness (QED) is 0.558. The Balaban J connectivity index is 1.93. The van der Waals surface area contributed by atoms with Crippen molar-refractivity contribution < 1.29 is 9.38 Å². The zero-order valence-corrected chi connectivity index (χ0v) is 14.9. The fourth-order valence-electron chi connectivity index (χ4n) is 3.35. The molecule has 0 saturated heterocycles. The minimum absolute atomic E-state index is 0.255. The first kappa shape index (κ1) is 16.1. The molecule has 0 aliphatic carbocycles. The lowest BCUT2D eigenvalue weighted by molar-refractivity contribution is -0.465. The molecule has 0 radical (unpaired) electrons. The second-order valence-electron chi connectivity index (χ2n) is 6.69. The molecule has 0 unspecified atom stereocenters. The van der Waals surface area contributed by atoms with Crippen molar-refractivity contribution in [3.05, 3.63) is 71.5 Å². The van der Waals surface area contributed by atoms with Gasteiger partial charge in [0, 0.05) is 18.2 Å². The fourth-order valence-corrected chi connectivity index (χ4v) is 3.35. The average molecular weight is 343 g/mol. The number of imidazole rings is 1. The molecule has 0 aliphatic heterocycles. The van der Waals surface area contributed by atoms with Crippen LogP contribution in [-0.2, 0) is 6.54 Å². The number of nitriles is 1. The van der Waals surface area contributed by atoms with Gasteiger partial charge in [-0.15, -0.1) is 0 Å². The summed E-state index contributed by atoms with van der Waals surface area (Å²) in [5.74, 6) is 1.22. The third-order valence-electron chi connectivity index (χ3n) is 4.65. The molecule has 0 aliphatic rings. The number of pyridine rings is 2. The molecular formula is C21H21N5+2. The molecule has 5 heteroatoms. The van der Waals surface area contributed by atoms with Crippen LogP contribution < -0.4 is 14.7 Å². The standard InChI is InChI=1S/C21H19N5/c1-14(2)16-11-20(24-13-15-7-5-6-10-23-15)26-19-9-4-3-8-18(19)25-21(26)17(16)12-22/h3-11,14H,13H2,1-2H3,(H,24,25)/p+2. The SMILES string of the molecule is CC(C)c1cc(NCc2cccc[nH+]2)[n+]2c([nH]c3ccccc32)c1C#N. The Morgan fingerprint density at radius 2 is 2.00 bits per heavy atom. The highest BCUT2D eigenvalue weighted by molar-refractivity contribution is 5.77. The summed E-state index contributed by atoms with van der Waals surface area (Å²) in [6.45, 7) is 4.90. The molecule has 0 fully saturated rings. The molecule has 128 valence electrons. The van der Waals surface area contributed by atoms with Crippen molar-refractivity contribution in [3.63, 3.8) is 0 Å². The van der Waals surface area contributed by atoms with E-state index in [4.69, 9.17) is 0 Å². The van der Waals surface area contributed by atoms with Gasteiger partial charge >= 0.3 is 0 Å². The molecule has 0 amide bonds. The molecule has 4 aromatic rings. The Hall–Kier alpha value is -3.39. The Morgan fingerprint density at radius 1 is 1.19 bits per heavy atom. The Labute approximate surface area is 151 Å². The van der Waals surface area contributed by atoms with Crippen molar-refractivity contribution in [1.29, 1.82) is 5.26 Å². The number of H-pyrrole nitrogens is 2. The topological polar surface area (TPSA) is 69.8 Å². The van der Waals surface area contributed by atoms with Crippen molar-refractivity contribution in [2.75, 3.05) is 5.32 Å². The largest absolute Gasteiger partial charge is 0.295 e. The molecule has 3 N–H and O–H groups in total. The van der Waals surface area contributed by atoms with Crippen molar-refractivity contribution in [2.24, 2.45) is 0 Å². The van der Waals surface area contributed by atoms with E-state index in [1.54, 1.807) is 0 Å². The second-order valence-corrected chi connectivity index (χ2v) is 6.69. The zero-order chi connectivity index (χ0) is 18.1. The molecule has 3 aromatic heterocycles. The van der Waals surface area contributed by atoms with Crippen molar-refractivity contribution >= 4 is 22.5 Å². The van der Waals surface area contributed by atoms with Crippen LogP contribution in [0.4, 0.5) is 5.82 Å². The van der Waals surface area contributed by atoms with E-state index in [9.17, 15) is 5.26 Å². The van der Waals surface area contributed by atoms with E-state index in [1.165, 1.54) is 0 Å². The first-order valence-electron chi connectivity index (χ1n) is 8.78. The molecule has 1 aromatic carbocycles. The monoisotopic (exact) mass is 343 g/mol. The van der Waals surface area contributed by atoms with Crippen LogP contribution in [0.15, 0.2) is 54.7 Å². The van der Waals surface area contributed by atoms with E-state index in [2.05, 4.69) is 57.8 Å². The van der Waals surface area contributed by atoms with Crippen LogP contribution in [0.3, 0.4) is 0 Å². The van der Waals surface area contributed by atoms with Gasteiger partial charge in [-0.2, -0.15) is 9.66 Å². The third kappa shape index (κ3) is 2.66. The Morgan fingerprint density at radius 3 is 2.73 bits per heavy atom. The molecular weight excluding hydrogens is 322 g/mol. The van der Waals surface area contributed by atoms with E-state index in [-0.39, 0.29) is 5.92 Å². The summed E-state index contributed by atoms with van der Waals surface area (Å²) in [6.07, 6.45) is 1.92. The lowest BCUT2D eigenvalue weighted by atomic mass is 9.99. The molecule has 26 heavy (non-hydrogen) atoms. The summed E-state index contributed by atoms with van der Waals surface area (Å²) in [5.41, 5.74) is 5.73. The van der Waals surface area contributed by atoms with Crippen molar-refractivity contribution in [1.82, 2.24) is 4.98 Å². The predicted molar refractivity (Wildman–Crippen MR) is 101 cm³/mol. The number of nitrogens with zero attached hydrogens (tertiary/aromatic N) is 2. The highest BCUT2D eigenvalue weighted by atomic mass is 15.1. The number of aromatic amines is 2. The number of para-hydroxylation sites is 2. The molecule has 0 saturated carbocycles. The lowest BCUT2D eigenvalue weighted by Crippen LogP contribution is -2.28. The average Bonchev–Trinajstić information content (AvgIpc) is 3.06. The van der Waals surface area contributed by atoms with E-state index in [0.717, 1.165) is 33.8 Å². The van der Waals surface area contributed by atoms with Crippen LogP contribution in [0.2, 0.25) is 0 Å². The van der Waals surface area contributed by atoms with Gasteiger partial charge in [0.2, 0.25) is 17.2 Å². The maximum absolute atomic E-state index is 9.78. The van der Waals surface area contributed by atoms with E-state index >= 15 is 0 Å². The predicted octanol–water partition coefficient (Wildman–Crippen LogP) is 3.33. The number of aromatic nitrogens is 3. The fraction of sp³-hybridized carbons (Fsp3) is 0.190. The number of hydrogen-bond acceptors (Lipinski definition) is 2. The number of benzene rings is 1. The summed E-state index contributed by atoms with van der Waals surface area (Å²) in [6, 6.07) is 18.6. The van der Waals surface area contributed by atoms with Gasteiger partial charge in [-0.3, -0.25) is 10.3 Å². The highest BCUT2D eigenvalue weighted by Gasteiger charge is 2.23. The van der Waals surface area contributed by atoms with Gasteiger partial charge in [-0.05, 0) is 29.7 Å². The van der Waals surface area contributed by atoms with Gasteiger partial charge in [0.15, 0.2) is 6.20 Å². The second kappa shape index (κ2) is 6.49. The van der Waals surface area contributed by atoms with Gasteiger partial charge < -0.3 is 0 Å². The van der Waals surface area contributed by atoms with Gasteiger partial charge in [0.05, 0.1) is 0 Å². The smallest absolute Gasteiger partial charge is 0.250 e. The minimum atomic E-state index is 0.255. The number of rotatable bonds is 4. The number of anilines is 1. The summed E-state index contributed by atoms with van der Waals surface area (Å²) >= 11 is 0. The van der Waals surface area contributed by atoms with Gasteiger partial charge in [0.1, 0.15) is 29.2 Å². The van der Waals surface area contributed by atoms with Crippen molar-refractivity contribution in [2.45, 2.75) is 26.3 Å². The molecule has 3 heterocycles. The van der Waals surface area contributed by atoms with Crippen LogP contribution in [0.25, 0.3) is 16.7 Å². The van der Waals surface area contributed by atoms with Gasteiger partial charge in [-0.25, -0.2) is 4.98 Å². The molecule has 0 spiro atoms. The third-order valence-corrected chi connectivity index (χ3v) is 4.65. The molecule has 0 atom stereocenters. The van der Waals surface area contributed by atoms with Gasteiger partial charge in [0.25, 0.3) is 0 Å². The molecule has 4 rings (SSSR count). The van der Waals surface area contributed by atoms with E-state index < -0.39 is 0 Å². The first-order valence-corrected chi connectivity index (χ1v) is 8.78. The Kier molecular flexibility index (Phi) is 4.02. The van der Waals surface area contributed by atoms with Crippen LogP contribution in [0.1, 0.15) is 36.6 Å². The lowest BCUT2D eigenvalue weighted by Gasteiger charge is -2.10. The minimum Gasteiger partial charge on any atom is -0.295 e. The normalized spacial score (nSPS) is 11.2. The van der Waals surface area contributed by atoms with Gasteiger partial charge in [-0.1, -0.05) is 26.0 Å². The number of fused-ring (bicyclic) bond motifs is 3. The molecule has 0 bridgehead atoms. The number of nitrogens with one attached hydrogen (secondary N) is 3. The van der Waals surface area contributed by atoms with Crippen LogP contribution >= 0.6 is 0 Å². The summed E-state index contributed by atoms with van der Waals surface area (Å²) < 4.78 is 2.10. The van der Waals surface area contributed by atoms with Crippen LogP contribution in [0, 0.1) is 11.3 Å². The first-order chi connectivity index (χ1) is 12.7. The summed E-state index contributed by atoms with van der Waals surface area (Å²) in [5, 5.41) is 13.3. The van der Waals surface area contributed by atoms with E-state index in [0.29, 0.717) is 12.1 Å². The maximum Gasteiger partial charge on any atom is 0.250 e. The summed E-state index contributed by atoms with van der Waals surface area (Å²) in [4.78, 5) is 6.67. The molecule has 5 nitrogen and oxygen atoms in total. The zero-order valence-electron chi connectivity index (χ0n) is 14.9. The highest BCUT2D eigenvalue weighted by Crippen LogP contribution is 2.26. The van der Waals surface area contributed by atoms with Crippen molar-refractivity contribution in [3.8, 4) is 6.07 Å². The number of hydrogen-bond donors (Lipinski definition) is 2. The van der Waals surface area contributed by atoms with Crippen LogP contribution in [0.5, 0.6) is 0 Å². The maximum atomic E-state index is 9.78. The van der Waals surface area contributed by atoms with Crippen LogP contribution in [-0.4, -0.2) is 4.98 Å².